The summed E-state index contributed by atoms with van der Waals surface area (Å²) in [5.74, 6) is -0.206. The van der Waals surface area contributed by atoms with Crippen molar-refractivity contribution >= 4 is 32.9 Å². The highest BCUT2D eigenvalue weighted by atomic mass is 35.5. The van der Waals surface area contributed by atoms with Crippen LogP contribution in [0.25, 0.3) is 0 Å². The molecule has 2 N–H and O–H groups in total. The average molecular weight is 477 g/mol. The van der Waals surface area contributed by atoms with E-state index >= 15 is 4.39 Å². The Morgan fingerprint density at radius 2 is 2.03 bits per heavy atom. The maximum absolute atomic E-state index is 15.0. The molecule has 0 bridgehead atoms. The number of Topliss-reactive ketones (excluding diaryl/α,β-unsaturated/α-hetero) is 1. The summed E-state index contributed by atoms with van der Waals surface area (Å²) >= 11 is 5.84. The van der Waals surface area contributed by atoms with E-state index in [1.54, 1.807) is 31.2 Å². The Hall–Kier alpha value is -2.32. The summed E-state index contributed by atoms with van der Waals surface area (Å²) in [7, 11) is -1.26. The molecule has 170 valence electrons. The van der Waals surface area contributed by atoms with Crippen LogP contribution in [0.5, 0.6) is 0 Å². The summed E-state index contributed by atoms with van der Waals surface area (Å²) in [6, 6.07) is 7.63. The summed E-state index contributed by atoms with van der Waals surface area (Å²) in [5, 5.41) is 0.439. The van der Waals surface area contributed by atoms with Gasteiger partial charge < -0.3 is 5.73 Å². The molecule has 1 saturated carbocycles. The third-order valence-electron chi connectivity index (χ3n) is 6.66. The predicted octanol–water partition coefficient (Wildman–Crippen LogP) is 4.15. The number of carbonyl (C=O) groups excluding carboxylic acids is 1. The highest BCUT2D eigenvalue weighted by Gasteiger charge is 2.57. The van der Waals surface area contributed by atoms with Crippen LogP contribution in [0.4, 0.5) is 4.39 Å². The van der Waals surface area contributed by atoms with Crippen LogP contribution >= 0.6 is 11.6 Å². The largest absolute Gasteiger partial charge is 0.386 e. The SMILES string of the molecule is CN=S1(=O)C[C@@](C)(c2cc(CC(=O)c3ccc(Cl)cn3)ccc2F)N=C(N)C1(C)C1CC1. The lowest BCUT2D eigenvalue weighted by Crippen LogP contribution is -2.57. The van der Waals surface area contributed by atoms with Crippen molar-refractivity contribution < 1.29 is 13.4 Å². The predicted molar refractivity (Wildman–Crippen MR) is 125 cm³/mol. The van der Waals surface area contributed by atoms with Gasteiger partial charge >= 0.3 is 0 Å². The molecule has 1 aromatic carbocycles. The molecule has 3 atom stereocenters. The number of benzene rings is 1. The zero-order chi connectivity index (χ0) is 23.3. The van der Waals surface area contributed by atoms with Crippen molar-refractivity contribution in [2.45, 2.75) is 43.4 Å². The zero-order valence-corrected chi connectivity index (χ0v) is 19.8. The van der Waals surface area contributed by atoms with Crippen LogP contribution in [0.1, 0.15) is 48.3 Å². The first kappa shape index (κ1) is 22.9. The molecule has 1 aliphatic heterocycles. The number of pyridine rings is 1. The van der Waals surface area contributed by atoms with Crippen molar-refractivity contribution in [3.63, 3.8) is 0 Å². The molecule has 2 aliphatic rings. The number of rotatable bonds is 5. The quantitative estimate of drug-likeness (QED) is 0.655. The molecule has 9 heteroatoms. The Morgan fingerprint density at radius 3 is 2.62 bits per heavy atom. The normalized spacial score (nSPS) is 30.0. The second-order valence-corrected chi connectivity index (χ2v) is 12.1. The molecule has 2 unspecified atom stereocenters. The molecular weight excluding hydrogens is 451 g/mol. The molecule has 2 aromatic rings. The van der Waals surface area contributed by atoms with Gasteiger partial charge in [0, 0.05) is 25.2 Å². The zero-order valence-electron chi connectivity index (χ0n) is 18.3. The maximum atomic E-state index is 15.0. The molecule has 0 radical (unpaired) electrons. The van der Waals surface area contributed by atoms with Crippen LogP contribution in [-0.2, 0) is 21.7 Å². The highest BCUT2D eigenvalue weighted by Crippen LogP contribution is 2.50. The summed E-state index contributed by atoms with van der Waals surface area (Å²) < 4.78 is 32.4. The number of nitrogens with two attached hydrogens (primary N) is 1. The van der Waals surface area contributed by atoms with E-state index in [-0.39, 0.29) is 41.0 Å². The first-order valence-electron chi connectivity index (χ1n) is 10.4. The van der Waals surface area contributed by atoms with E-state index < -0.39 is 25.8 Å². The molecule has 0 amide bonds. The lowest BCUT2D eigenvalue weighted by molar-refractivity contribution is 0.0988. The lowest BCUT2D eigenvalue weighted by atomic mass is 9.90. The van der Waals surface area contributed by atoms with Crippen LogP contribution in [0.3, 0.4) is 0 Å². The first-order valence-corrected chi connectivity index (χ1v) is 12.5. The maximum Gasteiger partial charge on any atom is 0.185 e. The average Bonchev–Trinajstić information content (AvgIpc) is 3.59. The standard InChI is InChI=1S/C23H26ClFN4O2S/c1-22(13-32(31,27-3)23(2,15-5-6-15)21(26)29-22)17-10-14(4-8-18(17)25)11-20(30)19-9-7-16(24)12-28-19/h4,7-10,12,15H,5-6,11,13H2,1-3H3,(H2,26,29)/t22-,23?,32?/m0/s1. The van der Waals surface area contributed by atoms with Gasteiger partial charge in [0.05, 0.1) is 20.5 Å². The Labute approximate surface area is 192 Å². The van der Waals surface area contributed by atoms with E-state index in [4.69, 9.17) is 22.3 Å². The first-order chi connectivity index (χ1) is 15.0. The van der Waals surface area contributed by atoms with E-state index in [9.17, 15) is 9.00 Å². The molecule has 6 nitrogen and oxygen atoms in total. The number of hydrogen-bond donors (Lipinski definition) is 1. The molecule has 4 rings (SSSR count). The minimum Gasteiger partial charge on any atom is -0.386 e. The third-order valence-corrected chi connectivity index (χ3v) is 10.3. The molecule has 1 aliphatic carbocycles. The molecule has 0 spiro atoms. The molecule has 1 fully saturated rings. The highest BCUT2D eigenvalue weighted by molar-refractivity contribution is 7.95. The van der Waals surface area contributed by atoms with Crippen LogP contribution in [-0.4, -0.2) is 38.4 Å². The van der Waals surface area contributed by atoms with Gasteiger partial charge in [-0.1, -0.05) is 17.7 Å². The molecule has 1 aromatic heterocycles. The number of nitrogens with zero attached hydrogens (tertiary/aromatic N) is 3. The van der Waals surface area contributed by atoms with Gasteiger partial charge in [0.25, 0.3) is 0 Å². The Bertz CT molecular complexity index is 1240. The number of ketones is 1. The second-order valence-electron chi connectivity index (χ2n) is 8.90. The fourth-order valence-corrected chi connectivity index (χ4v) is 7.54. The number of hydrogen-bond acceptors (Lipinski definition) is 6. The van der Waals surface area contributed by atoms with Gasteiger partial charge in [-0.05, 0) is 62.4 Å². The minimum atomic E-state index is -2.80. The summed E-state index contributed by atoms with van der Waals surface area (Å²) in [4.78, 5) is 21.4. The van der Waals surface area contributed by atoms with Crippen molar-refractivity contribution in [1.29, 1.82) is 0 Å². The second kappa shape index (κ2) is 7.92. The fourth-order valence-electron chi connectivity index (χ4n) is 4.51. The monoisotopic (exact) mass is 476 g/mol. The number of aliphatic imine (C=N–C) groups is 1. The Morgan fingerprint density at radius 1 is 1.31 bits per heavy atom. The van der Waals surface area contributed by atoms with E-state index in [0.29, 0.717) is 10.6 Å². The molecule has 2 heterocycles. The van der Waals surface area contributed by atoms with E-state index in [0.717, 1.165) is 12.8 Å². The molecule has 32 heavy (non-hydrogen) atoms. The Kier molecular flexibility index (Phi) is 5.66. The van der Waals surface area contributed by atoms with Crippen LogP contribution < -0.4 is 5.73 Å². The van der Waals surface area contributed by atoms with Gasteiger partial charge in [-0.2, -0.15) is 0 Å². The van der Waals surface area contributed by atoms with Crippen molar-refractivity contribution in [2.75, 3.05) is 12.8 Å². The number of carbonyl (C=O) groups is 1. The molecular formula is C23H26ClFN4O2S. The lowest BCUT2D eigenvalue weighted by Gasteiger charge is -2.42. The van der Waals surface area contributed by atoms with Gasteiger partial charge in [-0.3, -0.25) is 14.8 Å². The van der Waals surface area contributed by atoms with E-state index in [1.165, 1.54) is 19.3 Å². The van der Waals surface area contributed by atoms with Crippen molar-refractivity contribution in [2.24, 2.45) is 21.0 Å². The van der Waals surface area contributed by atoms with Gasteiger partial charge in [0.1, 0.15) is 27.6 Å². The van der Waals surface area contributed by atoms with Crippen LogP contribution in [0, 0.1) is 11.7 Å². The van der Waals surface area contributed by atoms with Gasteiger partial charge in [-0.25, -0.2) is 13.0 Å². The summed E-state index contributed by atoms with van der Waals surface area (Å²) in [5.41, 5.74) is 6.37. The number of halogens is 2. The van der Waals surface area contributed by atoms with E-state index in [1.807, 2.05) is 6.92 Å². The van der Waals surface area contributed by atoms with Gasteiger partial charge in [0.15, 0.2) is 5.78 Å². The number of aromatic nitrogens is 1. The Balaban J connectivity index is 1.72. The molecule has 0 saturated heterocycles. The number of amidine groups is 1. The van der Waals surface area contributed by atoms with Crippen molar-refractivity contribution in [1.82, 2.24) is 4.98 Å². The summed E-state index contributed by atoms with van der Waals surface area (Å²) in [6.45, 7) is 3.59. The van der Waals surface area contributed by atoms with E-state index in [2.05, 4.69) is 9.35 Å². The minimum absolute atomic E-state index is 0.0322. The van der Waals surface area contributed by atoms with Gasteiger partial charge in [-0.15, -0.1) is 0 Å². The smallest absolute Gasteiger partial charge is 0.185 e. The van der Waals surface area contributed by atoms with Crippen LogP contribution in [0.15, 0.2) is 45.9 Å². The fraction of sp³-hybridized carbons (Fsp3) is 0.435. The topological polar surface area (TPSA) is 97.8 Å². The summed E-state index contributed by atoms with van der Waals surface area (Å²) in [6.07, 6.45) is 3.30. The third kappa shape index (κ3) is 3.73. The van der Waals surface area contributed by atoms with Crippen molar-refractivity contribution in [3.05, 3.63) is 64.2 Å². The van der Waals surface area contributed by atoms with Crippen molar-refractivity contribution in [3.8, 4) is 0 Å². The van der Waals surface area contributed by atoms with Gasteiger partial charge in [0.2, 0.25) is 0 Å². The van der Waals surface area contributed by atoms with Crippen LogP contribution in [0.2, 0.25) is 5.02 Å².